The van der Waals surface area contributed by atoms with Gasteiger partial charge in [0.25, 0.3) is 0 Å². The fourth-order valence-electron chi connectivity index (χ4n) is 9.29. The van der Waals surface area contributed by atoms with Crippen molar-refractivity contribution < 1.29 is 0 Å². The summed E-state index contributed by atoms with van der Waals surface area (Å²) >= 11 is 0. The number of para-hydroxylation sites is 4. The van der Waals surface area contributed by atoms with Crippen molar-refractivity contribution in [3.8, 4) is 0 Å². The summed E-state index contributed by atoms with van der Waals surface area (Å²) in [5, 5.41) is 31.6. The second-order valence-electron chi connectivity index (χ2n) is 14.0. The van der Waals surface area contributed by atoms with Crippen LogP contribution >= 0.6 is 0 Å². The third-order valence-corrected chi connectivity index (χ3v) is 11.4. The third-order valence-electron chi connectivity index (χ3n) is 11.4. The lowest BCUT2D eigenvalue weighted by atomic mass is 10.0. The Kier molecular flexibility index (Phi) is 5.47. The molecule has 2 N–H and O–H groups in total. The van der Waals surface area contributed by atoms with Gasteiger partial charge in [-0.05, 0) is 35.7 Å². The van der Waals surface area contributed by atoms with E-state index in [2.05, 4.69) is 136 Å². The van der Waals surface area contributed by atoms with Crippen molar-refractivity contribution in [3.63, 3.8) is 0 Å². The number of aromatic nitrogens is 3. The van der Waals surface area contributed by atoms with Gasteiger partial charge in [-0.3, -0.25) is 20.0 Å². The van der Waals surface area contributed by atoms with Gasteiger partial charge in [0.15, 0.2) is 0 Å². The molecule has 0 amide bonds. The van der Waals surface area contributed by atoms with Crippen LogP contribution in [0, 0.1) is 10.8 Å². The monoisotopic (exact) mass is 675 g/mol. The van der Waals surface area contributed by atoms with Crippen LogP contribution in [0.2, 0.25) is 0 Å². The standard InChI is InChI=1S/C48H29N5/c49-47(52-40-22-10-5-15-30(40)31-16-6-11-23-41(31)52)34-18-3-4-19-35(34)48(50)53-44-29-14-2-1-13-28(29)25-26-33(44)38-27-37-32-17-7-9-21-39(32)51-42-24-12-8-20-36(42)43(45(37)51)46(38)53/h1-27,49-50H. The molecule has 0 aliphatic carbocycles. The first-order valence-electron chi connectivity index (χ1n) is 18.0. The SMILES string of the molecule is N=C(c1ccccc1C(=N)n1c2c3ccccc3ccc2c2cc3c4ccccc4n4c5ccccc5c(c21)c34)n1c2ccccc2c2ccccc21. The van der Waals surface area contributed by atoms with Gasteiger partial charge in [0.2, 0.25) is 0 Å². The minimum absolute atomic E-state index is 0.338. The normalized spacial score (nSPS) is 12.3. The van der Waals surface area contributed by atoms with Crippen LogP contribution in [-0.4, -0.2) is 25.2 Å². The molecule has 0 saturated carbocycles. The number of hydrogen-bond donors (Lipinski definition) is 2. The van der Waals surface area contributed by atoms with E-state index in [0.29, 0.717) is 22.8 Å². The smallest absolute Gasteiger partial charge is 0.138 e. The average Bonchev–Trinajstić information content (AvgIpc) is 3.94. The lowest BCUT2D eigenvalue weighted by molar-refractivity contribution is 1.20. The van der Waals surface area contributed by atoms with Gasteiger partial charge in [0.05, 0.1) is 38.6 Å². The van der Waals surface area contributed by atoms with Crippen molar-refractivity contribution >= 4 is 104 Å². The van der Waals surface area contributed by atoms with Crippen LogP contribution in [0.25, 0.3) is 92.5 Å². The van der Waals surface area contributed by atoms with E-state index < -0.39 is 0 Å². The van der Waals surface area contributed by atoms with Crippen LogP contribution in [0.15, 0.2) is 164 Å². The summed E-state index contributed by atoms with van der Waals surface area (Å²) in [6.45, 7) is 0. The Bertz CT molecular complexity index is 3500. The third kappa shape index (κ3) is 3.55. The molecule has 0 aliphatic rings. The highest BCUT2D eigenvalue weighted by molar-refractivity contribution is 6.37. The van der Waals surface area contributed by atoms with E-state index in [1.165, 1.54) is 21.8 Å². The van der Waals surface area contributed by atoms with Gasteiger partial charge in [-0.15, -0.1) is 0 Å². The molecule has 4 aromatic heterocycles. The molecule has 0 unspecified atom stereocenters. The maximum absolute atomic E-state index is 10.4. The summed E-state index contributed by atoms with van der Waals surface area (Å²) in [4.78, 5) is 0. The summed E-state index contributed by atoms with van der Waals surface area (Å²) in [5.41, 5.74) is 8.88. The Morgan fingerprint density at radius 1 is 0.340 bits per heavy atom. The topological polar surface area (TPSA) is 62.0 Å². The van der Waals surface area contributed by atoms with Gasteiger partial charge in [-0.1, -0.05) is 133 Å². The van der Waals surface area contributed by atoms with Gasteiger partial charge in [-0.2, -0.15) is 0 Å². The largest absolute Gasteiger partial charge is 0.308 e. The Morgan fingerprint density at radius 2 is 0.811 bits per heavy atom. The summed E-state index contributed by atoms with van der Waals surface area (Å²) in [7, 11) is 0. The molecule has 12 aromatic rings. The Morgan fingerprint density at radius 3 is 1.47 bits per heavy atom. The molecule has 12 rings (SSSR count). The predicted molar refractivity (Wildman–Crippen MR) is 222 cm³/mol. The quantitative estimate of drug-likeness (QED) is 0.135. The number of nitrogens with zero attached hydrogens (tertiary/aromatic N) is 3. The summed E-state index contributed by atoms with van der Waals surface area (Å²) in [6.07, 6.45) is 0. The molecule has 0 aliphatic heterocycles. The zero-order chi connectivity index (χ0) is 34.9. The zero-order valence-electron chi connectivity index (χ0n) is 28.4. The molecule has 0 saturated heterocycles. The Balaban J connectivity index is 1.23. The first-order chi connectivity index (χ1) is 26.2. The molecule has 0 spiro atoms. The first kappa shape index (κ1) is 28.5. The number of hydrogen-bond acceptors (Lipinski definition) is 2. The van der Waals surface area contributed by atoms with Gasteiger partial charge in [0.1, 0.15) is 11.7 Å². The second kappa shape index (κ2) is 10.2. The molecule has 53 heavy (non-hydrogen) atoms. The van der Waals surface area contributed by atoms with Crippen molar-refractivity contribution in [2.45, 2.75) is 0 Å². The van der Waals surface area contributed by atoms with Gasteiger partial charge in [0, 0.05) is 59.6 Å². The molecular weight excluding hydrogens is 647 g/mol. The maximum atomic E-state index is 10.4. The summed E-state index contributed by atoms with van der Waals surface area (Å²) < 4.78 is 6.63. The van der Waals surface area contributed by atoms with E-state index in [1.807, 2.05) is 41.0 Å². The van der Waals surface area contributed by atoms with Crippen molar-refractivity contribution in [3.05, 3.63) is 175 Å². The predicted octanol–water partition coefficient (Wildman–Crippen LogP) is 12.0. The van der Waals surface area contributed by atoms with Gasteiger partial charge >= 0.3 is 0 Å². The minimum atomic E-state index is 0.338. The van der Waals surface area contributed by atoms with Crippen LogP contribution in [0.5, 0.6) is 0 Å². The molecule has 0 radical (unpaired) electrons. The highest BCUT2D eigenvalue weighted by atomic mass is 15.1. The van der Waals surface area contributed by atoms with Crippen molar-refractivity contribution in [1.29, 1.82) is 10.8 Å². The molecule has 5 nitrogen and oxygen atoms in total. The van der Waals surface area contributed by atoms with Gasteiger partial charge in [-0.25, -0.2) is 0 Å². The number of rotatable bonds is 2. The number of nitrogens with one attached hydrogen (secondary N) is 2. The van der Waals surface area contributed by atoms with E-state index >= 15 is 0 Å². The van der Waals surface area contributed by atoms with Crippen molar-refractivity contribution in [2.75, 3.05) is 0 Å². The van der Waals surface area contributed by atoms with E-state index in [1.54, 1.807) is 0 Å². The average molecular weight is 676 g/mol. The first-order valence-corrected chi connectivity index (χ1v) is 18.0. The van der Waals surface area contributed by atoms with Crippen molar-refractivity contribution in [1.82, 2.24) is 13.5 Å². The highest BCUT2D eigenvalue weighted by Gasteiger charge is 2.27. The van der Waals surface area contributed by atoms with Gasteiger partial charge < -0.3 is 4.40 Å². The minimum Gasteiger partial charge on any atom is -0.308 e. The van der Waals surface area contributed by atoms with E-state index in [9.17, 15) is 10.8 Å². The van der Waals surface area contributed by atoms with Crippen LogP contribution in [0.1, 0.15) is 11.1 Å². The van der Waals surface area contributed by atoms with E-state index in [-0.39, 0.29) is 0 Å². The summed E-state index contributed by atoms with van der Waals surface area (Å²) in [5.74, 6) is 0.677. The molecule has 5 heteroatoms. The Labute approximate surface area is 302 Å². The molecule has 0 fully saturated rings. The maximum Gasteiger partial charge on any atom is 0.138 e. The van der Waals surface area contributed by atoms with Crippen LogP contribution < -0.4 is 0 Å². The van der Waals surface area contributed by atoms with Crippen LogP contribution in [-0.2, 0) is 0 Å². The lowest BCUT2D eigenvalue weighted by Gasteiger charge is -2.17. The fraction of sp³-hybridized carbons (Fsp3) is 0. The molecule has 0 bridgehead atoms. The van der Waals surface area contributed by atoms with Crippen LogP contribution in [0.3, 0.4) is 0 Å². The molecule has 4 heterocycles. The zero-order valence-corrected chi connectivity index (χ0v) is 28.4. The fourth-order valence-corrected chi connectivity index (χ4v) is 9.29. The summed E-state index contributed by atoms with van der Waals surface area (Å²) in [6, 6.07) is 57.2. The van der Waals surface area contributed by atoms with Crippen LogP contribution in [0.4, 0.5) is 0 Å². The molecule has 8 aromatic carbocycles. The number of benzene rings is 8. The van der Waals surface area contributed by atoms with E-state index in [0.717, 1.165) is 70.7 Å². The second-order valence-corrected chi connectivity index (χ2v) is 14.0. The number of fused-ring (bicyclic) bond motifs is 15. The van der Waals surface area contributed by atoms with E-state index in [4.69, 9.17) is 0 Å². The molecular formula is C48H29N5. The molecule has 0 atom stereocenters. The lowest BCUT2D eigenvalue weighted by Crippen LogP contribution is -2.20. The Hall–Kier alpha value is -7.24. The molecule has 246 valence electrons. The highest BCUT2D eigenvalue weighted by Crippen LogP contribution is 2.47. The van der Waals surface area contributed by atoms with Crippen molar-refractivity contribution in [2.24, 2.45) is 0 Å².